The Labute approximate surface area is 117 Å². The van der Waals surface area contributed by atoms with Crippen LogP contribution in [0.1, 0.15) is 17.7 Å². The van der Waals surface area contributed by atoms with Gasteiger partial charge in [0.25, 0.3) is 0 Å². The highest BCUT2D eigenvalue weighted by atomic mass is 16.4. The summed E-state index contributed by atoms with van der Waals surface area (Å²) in [4.78, 5) is 11.3. The van der Waals surface area contributed by atoms with Crippen LogP contribution in [0.2, 0.25) is 0 Å². The number of fused-ring (bicyclic) bond motifs is 1. The van der Waals surface area contributed by atoms with Crippen molar-refractivity contribution in [1.82, 2.24) is 4.57 Å². The zero-order valence-electron chi connectivity index (χ0n) is 11.8. The first kappa shape index (κ1) is 14.4. The maximum Gasteiger partial charge on any atom is 0.306 e. The number of nitrogens with two attached hydrogens (primary N) is 1. The third kappa shape index (κ3) is 2.49. The van der Waals surface area contributed by atoms with Crippen molar-refractivity contribution in [1.29, 1.82) is 0 Å². The fourth-order valence-electron chi connectivity index (χ4n) is 2.65. The van der Waals surface area contributed by atoms with E-state index < -0.39 is 11.9 Å². The van der Waals surface area contributed by atoms with Crippen LogP contribution in [-0.2, 0) is 18.3 Å². The van der Waals surface area contributed by atoms with Crippen molar-refractivity contribution < 1.29 is 15.0 Å². The fourth-order valence-corrected chi connectivity index (χ4v) is 2.65. The summed E-state index contributed by atoms with van der Waals surface area (Å²) in [5.74, 6) is -1.13. The number of benzene rings is 1. The molecule has 108 valence electrons. The van der Waals surface area contributed by atoms with Crippen LogP contribution in [-0.4, -0.2) is 27.3 Å². The standard InChI is InChI=1S/C15H20N2O3/c1-9-12(7-10(5-6-16)15(19)20)13-8-11(18)3-4-14(13)17(9)2/h3-4,8,10,18H,5-7,16H2,1-2H3,(H,19,20). The Bertz CT molecular complexity index is 646. The molecule has 4 N–H and O–H groups in total. The van der Waals surface area contributed by atoms with E-state index in [1.54, 1.807) is 12.1 Å². The number of nitrogens with zero attached hydrogens (tertiary/aromatic N) is 1. The second-order valence-corrected chi connectivity index (χ2v) is 5.14. The van der Waals surface area contributed by atoms with E-state index in [2.05, 4.69) is 0 Å². The molecule has 2 aromatic rings. The number of aliphatic carboxylic acids is 1. The number of carboxylic acid groups (broad SMARTS) is 1. The van der Waals surface area contributed by atoms with Crippen LogP contribution in [0.25, 0.3) is 10.9 Å². The Hall–Kier alpha value is -2.01. The highest BCUT2D eigenvalue weighted by molar-refractivity contribution is 5.87. The van der Waals surface area contributed by atoms with Gasteiger partial charge in [-0.3, -0.25) is 4.79 Å². The molecule has 0 saturated carbocycles. The molecular formula is C15H20N2O3. The first-order valence-corrected chi connectivity index (χ1v) is 6.65. The van der Waals surface area contributed by atoms with E-state index >= 15 is 0 Å². The number of carboxylic acids is 1. The van der Waals surface area contributed by atoms with Gasteiger partial charge in [0, 0.05) is 23.6 Å². The van der Waals surface area contributed by atoms with Gasteiger partial charge in [0.1, 0.15) is 5.75 Å². The number of aromatic hydroxyl groups is 1. The van der Waals surface area contributed by atoms with Gasteiger partial charge in [0.15, 0.2) is 0 Å². The van der Waals surface area contributed by atoms with Crippen molar-refractivity contribution in [2.45, 2.75) is 19.8 Å². The molecule has 0 fully saturated rings. The van der Waals surface area contributed by atoms with Gasteiger partial charge in [-0.25, -0.2) is 0 Å². The lowest BCUT2D eigenvalue weighted by molar-refractivity contribution is -0.141. The largest absolute Gasteiger partial charge is 0.508 e. The molecule has 5 heteroatoms. The van der Waals surface area contributed by atoms with Crippen molar-refractivity contribution in [3.05, 3.63) is 29.5 Å². The summed E-state index contributed by atoms with van der Waals surface area (Å²) in [5, 5.41) is 19.8. The van der Waals surface area contributed by atoms with Gasteiger partial charge < -0.3 is 20.5 Å². The zero-order chi connectivity index (χ0) is 14.9. The van der Waals surface area contributed by atoms with Gasteiger partial charge in [-0.2, -0.15) is 0 Å². The second kappa shape index (κ2) is 5.54. The number of aromatic nitrogens is 1. The highest BCUT2D eigenvalue weighted by Crippen LogP contribution is 2.30. The SMILES string of the molecule is Cc1c(CC(CCN)C(=O)O)c2cc(O)ccc2n1C. The van der Waals surface area contributed by atoms with E-state index in [1.165, 1.54) is 0 Å². The average molecular weight is 276 g/mol. The van der Waals surface area contributed by atoms with Gasteiger partial charge in [0.2, 0.25) is 0 Å². The molecule has 0 aliphatic heterocycles. The lowest BCUT2D eigenvalue weighted by Gasteiger charge is -2.11. The van der Waals surface area contributed by atoms with Crippen LogP contribution in [0.3, 0.4) is 0 Å². The fraction of sp³-hybridized carbons (Fsp3) is 0.400. The Morgan fingerprint density at radius 3 is 2.75 bits per heavy atom. The summed E-state index contributed by atoms with van der Waals surface area (Å²) in [6.45, 7) is 2.32. The molecule has 0 spiro atoms. The van der Waals surface area contributed by atoms with Crippen LogP contribution in [0, 0.1) is 12.8 Å². The van der Waals surface area contributed by atoms with Gasteiger partial charge in [-0.1, -0.05) is 0 Å². The number of carbonyl (C=O) groups is 1. The van der Waals surface area contributed by atoms with E-state index in [1.807, 2.05) is 24.6 Å². The molecule has 1 atom stereocenters. The normalized spacial score (nSPS) is 12.8. The number of rotatable bonds is 5. The molecule has 0 amide bonds. The first-order chi connectivity index (χ1) is 9.45. The summed E-state index contributed by atoms with van der Waals surface area (Å²) in [6, 6.07) is 5.18. The molecule has 0 aliphatic carbocycles. The topological polar surface area (TPSA) is 88.5 Å². The van der Waals surface area contributed by atoms with Crippen molar-refractivity contribution in [3.63, 3.8) is 0 Å². The average Bonchev–Trinajstić information content (AvgIpc) is 2.62. The van der Waals surface area contributed by atoms with Gasteiger partial charge >= 0.3 is 5.97 Å². The second-order valence-electron chi connectivity index (χ2n) is 5.14. The number of aryl methyl sites for hydroxylation is 1. The maximum absolute atomic E-state index is 11.3. The van der Waals surface area contributed by atoms with Crippen LogP contribution in [0.15, 0.2) is 18.2 Å². The van der Waals surface area contributed by atoms with Crippen LogP contribution < -0.4 is 5.73 Å². The number of hydrogen-bond acceptors (Lipinski definition) is 3. The lowest BCUT2D eigenvalue weighted by Crippen LogP contribution is -2.20. The van der Waals surface area contributed by atoms with Crippen molar-refractivity contribution >= 4 is 16.9 Å². The molecule has 1 aromatic carbocycles. The molecule has 0 aliphatic rings. The molecule has 1 aromatic heterocycles. The first-order valence-electron chi connectivity index (χ1n) is 6.65. The Morgan fingerprint density at radius 2 is 2.15 bits per heavy atom. The van der Waals surface area contributed by atoms with Gasteiger partial charge in [-0.15, -0.1) is 0 Å². The summed E-state index contributed by atoms with van der Waals surface area (Å²) in [6.07, 6.45) is 0.878. The van der Waals surface area contributed by atoms with E-state index in [0.717, 1.165) is 22.2 Å². The minimum atomic E-state index is -0.827. The lowest BCUT2D eigenvalue weighted by atomic mass is 9.94. The summed E-state index contributed by atoms with van der Waals surface area (Å²) in [7, 11) is 1.94. The van der Waals surface area contributed by atoms with Crippen molar-refractivity contribution in [2.75, 3.05) is 6.54 Å². The smallest absolute Gasteiger partial charge is 0.306 e. The van der Waals surface area contributed by atoms with E-state index in [0.29, 0.717) is 19.4 Å². The van der Waals surface area contributed by atoms with E-state index in [4.69, 9.17) is 5.73 Å². The predicted molar refractivity (Wildman–Crippen MR) is 77.8 cm³/mol. The summed E-state index contributed by atoms with van der Waals surface area (Å²) >= 11 is 0. The molecular weight excluding hydrogens is 256 g/mol. The van der Waals surface area contributed by atoms with Crippen LogP contribution >= 0.6 is 0 Å². The molecule has 20 heavy (non-hydrogen) atoms. The molecule has 5 nitrogen and oxygen atoms in total. The summed E-state index contributed by atoms with van der Waals surface area (Å²) in [5.41, 5.74) is 8.48. The molecule has 0 radical (unpaired) electrons. The van der Waals surface area contributed by atoms with E-state index in [-0.39, 0.29) is 5.75 Å². The molecule has 1 heterocycles. The van der Waals surface area contributed by atoms with Crippen molar-refractivity contribution in [3.8, 4) is 5.75 Å². The van der Waals surface area contributed by atoms with Gasteiger partial charge in [0.05, 0.1) is 5.92 Å². The highest BCUT2D eigenvalue weighted by Gasteiger charge is 2.21. The predicted octanol–water partition coefficient (Wildman–Crippen LogP) is 1.78. The van der Waals surface area contributed by atoms with Gasteiger partial charge in [-0.05, 0) is 50.1 Å². The number of phenols is 1. The third-order valence-corrected chi connectivity index (χ3v) is 3.92. The maximum atomic E-state index is 11.3. The third-order valence-electron chi connectivity index (χ3n) is 3.92. The quantitative estimate of drug-likeness (QED) is 0.776. The minimum Gasteiger partial charge on any atom is -0.508 e. The van der Waals surface area contributed by atoms with Crippen molar-refractivity contribution in [2.24, 2.45) is 18.7 Å². The number of hydrogen-bond donors (Lipinski definition) is 3. The molecule has 2 rings (SSSR count). The minimum absolute atomic E-state index is 0.190. The molecule has 0 saturated heterocycles. The molecule has 0 bridgehead atoms. The Morgan fingerprint density at radius 1 is 1.45 bits per heavy atom. The molecule has 1 unspecified atom stereocenters. The zero-order valence-corrected chi connectivity index (χ0v) is 11.8. The monoisotopic (exact) mass is 276 g/mol. The summed E-state index contributed by atoms with van der Waals surface area (Å²) < 4.78 is 2.02. The van der Waals surface area contributed by atoms with E-state index in [9.17, 15) is 15.0 Å². The van der Waals surface area contributed by atoms with Crippen LogP contribution in [0.4, 0.5) is 0 Å². The number of phenolic OH excluding ortho intramolecular Hbond substituents is 1. The van der Waals surface area contributed by atoms with Crippen LogP contribution in [0.5, 0.6) is 5.75 Å². The Balaban J connectivity index is 2.50. The Kier molecular flexibility index (Phi) is 3.99.